The summed E-state index contributed by atoms with van der Waals surface area (Å²) < 4.78 is 18.8. The molecule has 2 aromatic rings. The number of hydrogen-bond donors (Lipinski definition) is 1. The van der Waals surface area contributed by atoms with E-state index in [0.717, 1.165) is 6.54 Å². The molecule has 2 rings (SSSR count). The highest BCUT2D eigenvalue weighted by molar-refractivity contribution is 5.62. The van der Waals surface area contributed by atoms with Gasteiger partial charge in [0.25, 0.3) is 0 Å². The van der Waals surface area contributed by atoms with Crippen molar-refractivity contribution in [1.82, 2.24) is 15.0 Å². The molecule has 0 bridgehead atoms. The van der Waals surface area contributed by atoms with Gasteiger partial charge < -0.3 is 10.1 Å². The average molecular weight is 262 g/mol. The number of methoxy groups -OCH3 is 1. The molecule has 0 aliphatic heterocycles. The van der Waals surface area contributed by atoms with E-state index in [1.807, 2.05) is 6.92 Å². The lowest BCUT2D eigenvalue weighted by atomic mass is 10.2. The van der Waals surface area contributed by atoms with Gasteiger partial charge in [0, 0.05) is 31.5 Å². The van der Waals surface area contributed by atoms with E-state index in [1.54, 1.807) is 19.2 Å². The number of rotatable bonds is 5. The number of aromatic nitrogens is 3. The molecule has 1 N–H and O–H groups in total. The minimum atomic E-state index is -0.410. The predicted molar refractivity (Wildman–Crippen MR) is 70.1 cm³/mol. The fourth-order valence-electron chi connectivity index (χ4n) is 1.68. The number of nitrogens with one attached hydrogen (secondary N) is 1. The van der Waals surface area contributed by atoms with E-state index in [9.17, 15) is 4.39 Å². The molecule has 0 aliphatic rings. The normalized spacial score (nSPS) is 10.5. The molecule has 19 heavy (non-hydrogen) atoms. The lowest BCUT2D eigenvalue weighted by Crippen LogP contribution is -2.06. The monoisotopic (exact) mass is 262 g/mol. The van der Waals surface area contributed by atoms with Crippen molar-refractivity contribution in [3.05, 3.63) is 36.2 Å². The third kappa shape index (κ3) is 3.23. The zero-order valence-electron chi connectivity index (χ0n) is 10.9. The van der Waals surface area contributed by atoms with E-state index in [4.69, 9.17) is 4.74 Å². The Morgan fingerprint density at radius 3 is 2.89 bits per heavy atom. The minimum Gasteiger partial charge on any atom is -0.377 e. The van der Waals surface area contributed by atoms with Crippen LogP contribution < -0.4 is 5.32 Å². The average Bonchev–Trinajstić information content (AvgIpc) is 2.40. The largest absolute Gasteiger partial charge is 0.377 e. The predicted octanol–water partition coefficient (Wildman–Crippen LogP) is 2.26. The molecular weight excluding hydrogens is 247 g/mol. The molecule has 0 aromatic carbocycles. The second-order valence-electron chi connectivity index (χ2n) is 3.87. The van der Waals surface area contributed by atoms with E-state index in [1.165, 1.54) is 12.4 Å². The van der Waals surface area contributed by atoms with Crippen LogP contribution in [0.4, 0.5) is 10.2 Å². The Hall–Kier alpha value is -2.08. The van der Waals surface area contributed by atoms with Crippen LogP contribution >= 0.6 is 0 Å². The Morgan fingerprint density at radius 1 is 1.37 bits per heavy atom. The lowest BCUT2D eigenvalue weighted by molar-refractivity contribution is 0.178. The van der Waals surface area contributed by atoms with E-state index in [2.05, 4.69) is 20.3 Å². The fourth-order valence-corrected chi connectivity index (χ4v) is 1.68. The van der Waals surface area contributed by atoms with Crippen LogP contribution in [0.2, 0.25) is 0 Å². The highest BCUT2D eigenvalue weighted by atomic mass is 19.1. The first-order valence-corrected chi connectivity index (χ1v) is 5.95. The van der Waals surface area contributed by atoms with Crippen LogP contribution in [0.25, 0.3) is 11.3 Å². The maximum Gasteiger partial charge on any atom is 0.157 e. The first-order valence-electron chi connectivity index (χ1n) is 5.95. The van der Waals surface area contributed by atoms with Crippen molar-refractivity contribution in [3.8, 4) is 11.3 Å². The quantitative estimate of drug-likeness (QED) is 0.895. The molecular formula is C13H15FN4O. The van der Waals surface area contributed by atoms with Gasteiger partial charge in [-0.1, -0.05) is 0 Å². The van der Waals surface area contributed by atoms with Crippen molar-refractivity contribution in [2.75, 3.05) is 19.0 Å². The highest BCUT2D eigenvalue weighted by Gasteiger charge is 2.10. The molecule has 0 saturated heterocycles. The molecule has 0 saturated carbocycles. The van der Waals surface area contributed by atoms with Gasteiger partial charge in [0.15, 0.2) is 11.6 Å². The summed E-state index contributed by atoms with van der Waals surface area (Å²) in [7, 11) is 1.57. The highest BCUT2D eigenvalue weighted by Crippen LogP contribution is 2.22. The Balaban J connectivity index is 2.46. The third-order valence-electron chi connectivity index (χ3n) is 2.45. The molecule has 0 fully saturated rings. The minimum absolute atomic E-state index is 0.277. The van der Waals surface area contributed by atoms with Gasteiger partial charge in [-0.25, -0.2) is 14.4 Å². The zero-order chi connectivity index (χ0) is 13.7. The van der Waals surface area contributed by atoms with Crippen molar-refractivity contribution in [2.45, 2.75) is 13.5 Å². The van der Waals surface area contributed by atoms with E-state index >= 15 is 0 Å². The summed E-state index contributed by atoms with van der Waals surface area (Å²) in [6.45, 7) is 2.96. The molecule has 0 aliphatic carbocycles. The van der Waals surface area contributed by atoms with Gasteiger partial charge in [-0.3, -0.25) is 4.98 Å². The molecule has 0 amide bonds. The number of nitrogens with zero attached hydrogens (tertiary/aromatic N) is 3. The Kier molecular flexibility index (Phi) is 4.35. The maximum atomic E-state index is 13.7. The van der Waals surface area contributed by atoms with Crippen molar-refractivity contribution < 1.29 is 9.13 Å². The van der Waals surface area contributed by atoms with E-state index < -0.39 is 5.82 Å². The Bertz CT molecular complexity index is 538. The van der Waals surface area contributed by atoms with Gasteiger partial charge in [-0.15, -0.1) is 0 Å². The van der Waals surface area contributed by atoms with Gasteiger partial charge in [0.1, 0.15) is 12.4 Å². The summed E-state index contributed by atoms with van der Waals surface area (Å²) in [5, 5.41) is 3.09. The van der Waals surface area contributed by atoms with Gasteiger partial charge in [-0.05, 0) is 13.0 Å². The molecule has 5 nitrogen and oxygen atoms in total. The van der Waals surface area contributed by atoms with Crippen LogP contribution in [-0.2, 0) is 11.3 Å². The number of ether oxygens (including phenoxy) is 1. The van der Waals surface area contributed by atoms with Crippen molar-refractivity contribution in [2.24, 2.45) is 0 Å². The SMILES string of the molecule is CCNc1cc(-c2ccncc2F)nc(COC)n1. The molecule has 2 aromatic heterocycles. The van der Waals surface area contributed by atoms with Crippen molar-refractivity contribution >= 4 is 5.82 Å². The first kappa shape index (κ1) is 13.4. The van der Waals surface area contributed by atoms with Crippen molar-refractivity contribution in [3.63, 3.8) is 0 Å². The lowest BCUT2D eigenvalue weighted by Gasteiger charge is -2.09. The molecule has 6 heteroatoms. The molecule has 0 spiro atoms. The Labute approximate surface area is 110 Å². The topological polar surface area (TPSA) is 59.9 Å². The van der Waals surface area contributed by atoms with Gasteiger partial charge in [0.05, 0.1) is 11.9 Å². The van der Waals surface area contributed by atoms with E-state index in [-0.39, 0.29) is 6.61 Å². The van der Waals surface area contributed by atoms with Crippen LogP contribution in [0.3, 0.4) is 0 Å². The van der Waals surface area contributed by atoms with Gasteiger partial charge >= 0.3 is 0 Å². The zero-order valence-corrected chi connectivity index (χ0v) is 10.9. The first-order chi connectivity index (χ1) is 9.24. The number of halogens is 1. The summed E-state index contributed by atoms with van der Waals surface area (Å²) >= 11 is 0. The molecule has 0 unspecified atom stereocenters. The molecule has 0 atom stereocenters. The van der Waals surface area contributed by atoms with Crippen LogP contribution in [0.1, 0.15) is 12.7 Å². The molecule has 0 radical (unpaired) electrons. The number of hydrogen-bond acceptors (Lipinski definition) is 5. The number of pyridine rings is 1. The van der Waals surface area contributed by atoms with Gasteiger partial charge in [-0.2, -0.15) is 0 Å². The van der Waals surface area contributed by atoms with Crippen molar-refractivity contribution in [1.29, 1.82) is 0 Å². The van der Waals surface area contributed by atoms with Crippen LogP contribution in [0.15, 0.2) is 24.5 Å². The fraction of sp³-hybridized carbons (Fsp3) is 0.308. The molecule has 2 heterocycles. The summed E-state index contributed by atoms with van der Waals surface area (Å²) in [6.07, 6.45) is 2.70. The standard InChI is InChI=1S/C13H15FN4O/c1-3-16-12-6-11(17-13(18-12)8-19-2)9-4-5-15-7-10(9)14/h4-7H,3,8H2,1-2H3,(H,16,17,18). The smallest absolute Gasteiger partial charge is 0.157 e. The second-order valence-corrected chi connectivity index (χ2v) is 3.87. The van der Waals surface area contributed by atoms with Crippen LogP contribution in [0, 0.1) is 5.82 Å². The van der Waals surface area contributed by atoms with E-state index in [0.29, 0.717) is 22.9 Å². The van der Waals surface area contributed by atoms with Crippen LogP contribution in [0.5, 0.6) is 0 Å². The summed E-state index contributed by atoms with van der Waals surface area (Å²) in [6, 6.07) is 3.30. The van der Waals surface area contributed by atoms with Crippen LogP contribution in [-0.4, -0.2) is 28.6 Å². The third-order valence-corrected chi connectivity index (χ3v) is 2.45. The summed E-state index contributed by atoms with van der Waals surface area (Å²) in [5.74, 6) is 0.745. The second kappa shape index (κ2) is 6.19. The van der Waals surface area contributed by atoms with Gasteiger partial charge in [0.2, 0.25) is 0 Å². The number of anilines is 1. The maximum absolute atomic E-state index is 13.7. The Morgan fingerprint density at radius 2 is 2.21 bits per heavy atom. The summed E-state index contributed by atoms with van der Waals surface area (Å²) in [5.41, 5.74) is 0.909. The summed E-state index contributed by atoms with van der Waals surface area (Å²) in [4.78, 5) is 12.3. The molecule has 100 valence electrons.